The molecular formula is C16H13BrO2S. The lowest BCUT2D eigenvalue weighted by Gasteiger charge is -2.02. The fourth-order valence-electron chi connectivity index (χ4n) is 2.38. The van der Waals surface area contributed by atoms with Gasteiger partial charge in [-0.3, -0.25) is 4.21 Å². The maximum Gasteiger partial charge on any atom is 0.135 e. The summed E-state index contributed by atoms with van der Waals surface area (Å²) >= 11 is 3.44. The lowest BCUT2D eigenvalue weighted by atomic mass is 10.0. The molecule has 0 saturated carbocycles. The summed E-state index contributed by atoms with van der Waals surface area (Å²) < 4.78 is 18.6. The van der Waals surface area contributed by atoms with Crippen molar-refractivity contribution in [2.75, 3.05) is 6.26 Å². The fraction of sp³-hybridized carbons (Fsp3) is 0.125. The molecule has 0 fully saturated rings. The van der Waals surface area contributed by atoms with Crippen molar-refractivity contribution in [2.45, 2.75) is 11.8 Å². The van der Waals surface area contributed by atoms with E-state index in [1.807, 2.05) is 37.3 Å². The first-order chi connectivity index (χ1) is 9.56. The summed E-state index contributed by atoms with van der Waals surface area (Å²) in [7, 11) is -1.05. The Balaban J connectivity index is 2.21. The standard InChI is InChI=1S/C16H13BrO2S/c1-10-16(20(2)18)14-9-12(5-8-15(14)19-10)11-3-6-13(17)7-4-11/h3-9H,1-2H3/t20-/m1/s1. The highest BCUT2D eigenvalue weighted by Crippen LogP contribution is 2.32. The van der Waals surface area contributed by atoms with Crippen LogP contribution in [0.3, 0.4) is 0 Å². The van der Waals surface area contributed by atoms with E-state index in [2.05, 4.69) is 28.1 Å². The van der Waals surface area contributed by atoms with Crippen LogP contribution >= 0.6 is 15.9 Å². The summed E-state index contributed by atoms with van der Waals surface area (Å²) in [5.41, 5.74) is 3.01. The smallest absolute Gasteiger partial charge is 0.135 e. The Labute approximate surface area is 128 Å². The molecule has 0 saturated heterocycles. The number of hydrogen-bond acceptors (Lipinski definition) is 2. The Morgan fingerprint density at radius 2 is 1.70 bits per heavy atom. The van der Waals surface area contributed by atoms with Gasteiger partial charge in [0.2, 0.25) is 0 Å². The van der Waals surface area contributed by atoms with Gasteiger partial charge < -0.3 is 4.42 Å². The Morgan fingerprint density at radius 3 is 2.35 bits per heavy atom. The van der Waals surface area contributed by atoms with Crippen LogP contribution in [0, 0.1) is 6.92 Å². The minimum atomic E-state index is -1.05. The van der Waals surface area contributed by atoms with Crippen molar-refractivity contribution in [2.24, 2.45) is 0 Å². The van der Waals surface area contributed by atoms with Gasteiger partial charge in [-0.25, -0.2) is 0 Å². The summed E-state index contributed by atoms with van der Waals surface area (Å²) in [5.74, 6) is 0.730. The van der Waals surface area contributed by atoms with Gasteiger partial charge in [0.15, 0.2) is 0 Å². The van der Waals surface area contributed by atoms with Crippen molar-refractivity contribution in [3.63, 3.8) is 0 Å². The van der Waals surface area contributed by atoms with Gasteiger partial charge in [0.05, 0.1) is 15.7 Å². The zero-order valence-corrected chi connectivity index (χ0v) is 13.5. The number of halogens is 1. The number of rotatable bonds is 2. The van der Waals surface area contributed by atoms with Crippen molar-refractivity contribution in [3.8, 4) is 11.1 Å². The molecule has 0 aliphatic heterocycles. The van der Waals surface area contributed by atoms with Gasteiger partial charge in [-0.05, 0) is 42.3 Å². The summed E-state index contributed by atoms with van der Waals surface area (Å²) in [6.07, 6.45) is 1.68. The van der Waals surface area contributed by atoms with Crippen LogP contribution in [-0.2, 0) is 10.8 Å². The van der Waals surface area contributed by atoms with Crippen LogP contribution in [-0.4, -0.2) is 10.5 Å². The molecule has 0 radical (unpaired) electrons. The zero-order chi connectivity index (χ0) is 14.3. The Morgan fingerprint density at radius 1 is 1.05 bits per heavy atom. The van der Waals surface area contributed by atoms with Crippen LogP contribution in [0.4, 0.5) is 0 Å². The van der Waals surface area contributed by atoms with Gasteiger partial charge >= 0.3 is 0 Å². The highest BCUT2D eigenvalue weighted by atomic mass is 79.9. The first-order valence-corrected chi connectivity index (χ1v) is 8.54. The second kappa shape index (κ2) is 5.19. The molecule has 3 aromatic rings. The largest absolute Gasteiger partial charge is 0.460 e. The number of hydrogen-bond donors (Lipinski definition) is 0. The van der Waals surface area contributed by atoms with Gasteiger partial charge in [0.1, 0.15) is 11.3 Å². The minimum absolute atomic E-state index is 0.730. The molecule has 4 heteroatoms. The number of fused-ring (bicyclic) bond motifs is 1. The molecule has 0 N–H and O–H groups in total. The highest BCUT2D eigenvalue weighted by Gasteiger charge is 2.14. The van der Waals surface area contributed by atoms with Crippen LogP contribution in [0.5, 0.6) is 0 Å². The first kappa shape index (κ1) is 13.6. The van der Waals surface area contributed by atoms with Gasteiger partial charge in [-0.2, -0.15) is 0 Å². The van der Waals surface area contributed by atoms with Gasteiger partial charge in [0, 0.05) is 16.1 Å². The molecule has 0 bridgehead atoms. The van der Waals surface area contributed by atoms with Crippen molar-refractivity contribution in [3.05, 3.63) is 52.7 Å². The number of furan rings is 1. The Hall–Kier alpha value is -1.39. The molecule has 0 spiro atoms. The molecule has 2 aromatic carbocycles. The van der Waals surface area contributed by atoms with E-state index in [-0.39, 0.29) is 0 Å². The van der Waals surface area contributed by atoms with Crippen LogP contribution in [0.15, 0.2) is 56.2 Å². The van der Waals surface area contributed by atoms with Crippen LogP contribution in [0.25, 0.3) is 22.1 Å². The molecule has 0 aliphatic rings. The number of aryl methyl sites for hydroxylation is 1. The molecule has 0 unspecified atom stereocenters. The molecule has 2 nitrogen and oxygen atoms in total. The van der Waals surface area contributed by atoms with Crippen molar-refractivity contribution in [1.82, 2.24) is 0 Å². The monoisotopic (exact) mass is 348 g/mol. The highest BCUT2D eigenvalue weighted by molar-refractivity contribution is 9.10. The normalized spacial score (nSPS) is 12.8. The predicted molar refractivity (Wildman–Crippen MR) is 86.4 cm³/mol. The number of benzene rings is 2. The molecular weight excluding hydrogens is 336 g/mol. The first-order valence-electron chi connectivity index (χ1n) is 6.19. The maximum atomic E-state index is 11.9. The van der Waals surface area contributed by atoms with Crippen LogP contribution in [0.1, 0.15) is 5.76 Å². The third-order valence-corrected chi connectivity index (χ3v) is 4.88. The SMILES string of the molecule is Cc1oc2ccc(-c3ccc(Br)cc3)cc2c1[S@@](C)=O. The quantitative estimate of drug-likeness (QED) is 0.658. The second-order valence-corrected chi connectivity index (χ2v) is 6.89. The van der Waals surface area contributed by atoms with E-state index in [1.165, 1.54) is 0 Å². The molecule has 20 heavy (non-hydrogen) atoms. The Bertz CT molecular complexity index is 803. The lowest BCUT2D eigenvalue weighted by molar-refractivity contribution is 0.566. The summed E-state index contributed by atoms with van der Waals surface area (Å²) in [6.45, 7) is 1.86. The molecule has 102 valence electrons. The average Bonchev–Trinajstić information content (AvgIpc) is 2.74. The van der Waals surface area contributed by atoms with Crippen LogP contribution in [0.2, 0.25) is 0 Å². The minimum Gasteiger partial charge on any atom is -0.460 e. The third-order valence-electron chi connectivity index (χ3n) is 3.27. The van der Waals surface area contributed by atoms with E-state index in [9.17, 15) is 4.21 Å². The maximum absolute atomic E-state index is 11.9. The molecule has 1 aromatic heterocycles. The van der Waals surface area contributed by atoms with Gasteiger partial charge in [-0.15, -0.1) is 0 Å². The van der Waals surface area contributed by atoms with E-state index in [0.717, 1.165) is 37.2 Å². The summed E-state index contributed by atoms with van der Waals surface area (Å²) in [4.78, 5) is 0.791. The zero-order valence-electron chi connectivity index (χ0n) is 11.1. The molecule has 0 aliphatic carbocycles. The Kier molecular flexibility index (Phi) is 3.52. The van der Waals surface area contributed by atoms with Crippen molar-refractivity contribution < 1.29 is 8.63 Å². The summed E-state index contributed by atoms with van der Waals surface area (Å²) in [6, 6.07) is 14.2. The van der Waals surface area contributed by atoms with Crippen molar-refractivity contribution >= 4 is 37.7 Å². The summed E-state index contributed by atoms with van der Waals surface area (Å²) in [5, 5.41) is 0.934. The average molecular weight is 349 g/mol. The second-order valence-electron chi connectivity index (χ2n) is 4.66. The van der Waals surface area contributed by atoms with Crippen LogP contribution < -0.4 is 0 Å². The molecule has 1 heterocycles. The van der Waals surface area contributed by atoms with Crippen molar-refractivity contribution in [1.29, 1.82) is 0 Å². The van der Waals surface area contributed by atoms with E-state index < -0.39 is 10.8 Å². The van der Waals surface area contributed by atoms with E-state index in [0.29, 0.717) is 0 Å². The molecule has 0 amide bonds. The predicted octanol–water partition coefficient (Wildman–Crippen LogP) is 4.91. The van der Waals surface area contributed by atoms with E-state index in [4.69, 9.17) is 4.42 Å². The molecule has 1 atom stereocenters. The molecule has 3 rings (SSSR count). The third kappa shape index (κ3) is 2.34. The van der Waals surface area contributed by atoms with Gasteiger partial charge in [0.25, 0.3) is 0 Å². The topological polar surface area (TPSA) is 30.2 Å². The van der Waals surface area contributed by atoms with Gasteiger partial charge in [-0.1, -0.05) is 34.1 Å². The van der Waals surface area contributed by atoms with E-state index in [1.54, 1.807) is 6.26 Å². The fourth-order valence-corrected chi connectivity index (χ4v) is 3.56. The van der Waals surface area contributed by atoms with E-state index >= 15 is 0 Å². The lowest BCUT2D eigenvalue weighted by Crippen LogP contribution is -1.88.